The average molecular weight is 689 g/mol. The van der Waals surface area contributed by atoms with Gasteiger partial charge in [-0.3, -0.25) is 14.5 Å². The predicted octanol–water partition coefficient (Wildman–Crippen LogP) is 0.251. The molecule has 1 fully saturated rings. The van der Waals surface area contributed by atoms with E-state index in [-0.39, 0.29) is 57.8 Å². The third-order valence-electron chi connectivity index (χ3n) is 6.37. The van der Waals surface area contributed by atoms with Crippen molar-refractivity contribution >= 4 is 75.2 Å². The summed E-state index contributed by atoms with van der Waals surface area (Å²) in [5.74, 6) is -3.73. The first-order chi connectivity index (χ1) is 22.2. The predicted molar refractivity (Wildman–Crippen MR) is 165 cm³/mol. The lowest BCUT2D eigenvalue weighted by atomic mass is 10.0. The van der Waals surface area contributed by atoms with Gasteiger partial charge in [0.25, 0.3) is 11.8 Å². The minimum atomic E-state index is -1.33. The van der Waals surface area contributed by atoms with Crippen LogP contribution in [0.15, 0.2) is 62.4 Å². The number of carbonyl (C=O) groups is 4. The Morgan fingerprint density at radius 1 is 1.22 bits per heavy atom. The number of thioether (sulfide) groups is 2. The van der Waals surface area contributed by atoms with E-state index in [1.54, 1.807) is 0 Å². The Bertz CT molecular complexity index is 1740. The average Bonchev–Trinajstić information content (AvgIpc) is 3.68. The van der Waals surface area contributed by atoms with Crippen LogP contribution >= 0.6 is 34.9 Å². The molecule has 46 heavy (non-hydrogen) atoms. The van der Waals surface area contributed by atoms with Crippen molar-refractivity contribution in [1.29, 1.82) is 0 Å². The molecule has 0 spiro atoms. The number of rotatable bonds is 14. The largest absolute Gasteiger partial charge is 0.477 e. The van der Waals surface area contributed by atoms with Crippen molar-refractivity contribution in [2.24, 2.45) is 10.3 Å². The van der Waals surface area contributed by atoms with Crippen molar-refractivity contribution in [3.8, 4) is 0 Å². The highest BCUT2D eigenvalue weighted by molar-refractivity contribution is 8.01. The molecule has 1 aromatic carbocycles. The van der Waals surface area contributed by atoms with E-state index >= 15 is 0 Å². The molecule has 2 amide bonds. The molecule has 2 atom stereocenters. The van der Waals surface area contributed by atoms with Crippen molar-refractivity contribution in [1.82, 2.24) is 35.4 Å². The van der Waals surface area contributed by atoms with E-state index in [1.807, 2.05) is 30.3 Å². The van der Waals surface area contributed by atoms with Gasteiger partial charge in [0, 0.05) is 16.9 Å². The number of tetrazole rings is 1. The molecule has 240 valence electrons. The summed E-state index contributed by atoms with van der Waals surface area (Å²) in [6.45, 7) is -0.227. The van der Waals surface area contributed by atoms with Gasteiger partial charge < -0.3 is 30.9 Å². The monoisotopic (exact) mass is 688 g/mol. The summed E-state index contributed by atoms with van der Waals surface area (Å²) < 4.78 is 1.18. The van der Waals surface area contributed by atoms with Gasteiger partial charge in [0.05, 0.1) is 6.54 Å². The number of β-lactam (4-membered cyclic amide) rings is 1. The molecular formula is C25H24N10O8S3. The molecule has 0 aliphatic carbocycles. The molecule has 21 heteroatoms. The number of thiazole rings is 1. The van der Waals surface area contributed by atoms with Crippen LogP contribution in [0.1, 0.15) is 11.3 Å². The number of nitrogens with zero attached hydrogens (tertiary/aromatic N) is 8. The zero-order valence-electron chi connectivity index (χ0n) is 23.7. The number of carboxylic acids is 2. The molecule has 0 bridgehead atoms. The second kappa shape index (κ2) is 14.4. The molecular weight excluding hydrogens is 665 g/mol. The fourth-order valence-electron chi connectivity index (χ4n) is 4.29. The van der Waals surface area contributed by atoms with Gasteiger partial charge in [-0.1, -0.05) is 52.4 Å². The number of aromatic nitrogens is 5. The second-order valence-electron chi connectivity index (χ2n) is 9.32. The SMILES string of the molecule is CO/N=C(\Cn1nnnc1SCC1=C(C(=O)O)N2C(=O)C(NC(=O)/C(=N/OCc3ccccc3)c3csc(N)n3)[C@H]2SC1)C(=O)O. The molecule has 18 nitrogen and oxygen atoms in total. The zero-order valence-corrected chi connectivity index (χ0v) is 26.1. The number of nitrogens with one attached hydrogen (secondary N) is 1. The van der Waals surface area contributed by atoms with E-state index in [9.17, 15) is 29.4 Å². The van der Waals surface area contributed by atoms with E-state index in [0.29, 0.717) is 5.57 Å². The first kappa shape index (κ1) is 32.4. The number of fused-ring (bicyclic) bond motifs is 1. The molecule has 5 rings (SSSR count). The number of hydrogen-bond donors (Lipinski definition) is 4. The number of amides is 2. The maximum Gasteiger partial charge on any atom is 0.355 e. The number of carbonyl (C=O) groups excluding carboxylic acids is 2. The number of aliphatic carboxylic acids is 2. The number of benzene rings is 1. The standard InChI is InChI=1S/C25H24N10O8S3/c1-42-30-14(22(38)39)7-34-25(29-32-33-34)46-10-13-9-44-21-17(20(37)35(21)18(13)23(40)41)28-19(36)16(15-11-45-24(26)27-15)31-43-8-12-5-3-2-4-6-12/h2-6,11,17,21H,7-10H2,1H3,(H2,26,27)(H,28,36)(H,38,39)(H,40,41)/b30-14+,31-16+/t17?,21-/m1/s1. The van der Waals surface area contributed by atoms with Gasteiger partial charge in [-0.15, -0.1) is 28.2 Å². The van der Waals surface area contributed by atoms with Crippen LogP contribution in [0.5, 0.6) is 0 Å². The summed E-state index contributed by atoms with van der Waals surface area (Å²) in [7, 11) is 1.20. The quantitative estimate of drug-likeness (QED) is 0.0767. The highest BCUT2D eigenvalue weighted by atomic mass is 32.2. The second-order valence-corrected chi connectivity index (χ2v) is 12.3. The summed E-state index contributed by atoms with van der Waals surface area (Å²) in [4.78, 5) is 65.5. The highest BCUT2D eigenvalue weighted by Crippen LogP contribution is 2.41. The fraction of sp³-hybridized carbons (Fsp3) is 0.280. The van der Waals surface area contributed by atoms with Crippen LogP contribution in [0.4, 0.5) is 5.13 Å². The van der Waals surface area contributed by atoms with Crippen LogP contribution in [-0.2, 0) is 42.0 Å². The molecule has 1 unspecified atom stereocenters. The number of oxime groups is 2. The Hall–Kier alpha value is -5.02. The van der Waals surface area contributed by atoms with Crippen LogP contribution in [0.2, 0.25) is 0 Å². The number of nitrogen functional groups attached to an aromatic ring is 1. The minimum Gasteiger partial charge on any atom is -0.477 e. The first-order valence-corrected chi connectivity index (χ1v) is 16.0. The maximum absolute atomic E-state index is 13.3. The van der Waals surface area contributed by atoms with Crippen molar-refractivity contribution in [2.75, 3.05) is 24.3 Å². The molecule has 1 saturated heterocycles. The van der Waals surface area contributed by atoms with Crippen molar-refractivity contribution in [3.63, 3.8) is 0 Å². The highest BCUT2D eigenvalue weighted by Gasteiger charge is 2.54. The number of hydrogen-bond acceptors (Lipinski definition) is 16. The maximum atomic E-state index is 13.3. The van der Waals surface area contributed by atoms with Gasteiger partial charge >= 0.3 is 11.9 Å². The van der Waals surface area contributed by atoms with Crippen LogP contribution < -0.4 is 11.1 Å². The molecule has 4 heterocycles. The number of carboxylic acid groups (broad SMARTS) is 2. The first-order valence-electron chi connectivity index (χ1n) is 13.1. The van der Waals surface area contributed by atoms with Crippen LogP contribution in [0, 0.1) is 0 Å². The Morgan fingerprint density at radius 3 is 2.67 bits per heavy atom. The molecule has 0 saturated carbocycles. The van der Waals surface area contributed by atoms with Crippen molar-refractivity contribution in [3.05, 3.63) is 58.2 Å². The van der Waals surface area contributed by atoms with Crippen LogP contribution in [0.25, 0.3) is 0 Å². The van der Waals surface area contributed by atoms with Gasteiger partial charge in [-0.2, -0.15) is 0 Å². The lowest BCUT2D eigenvalue weighted by molar-refractivity contribution is -0.150. The smallest absolute Gasteiger partial charge is 0.355 e. The van der Waals surface area contributed by atoms with E-state index < -0.39 is 35.2 Å². The normalized spacial score (nSPS) is 18.1. The van der Waals surface area contributed by atoms with Gasteiger partial charge in [-0.05, 0) is 21.6 Å². The minimum absolute atomic E-state index is 0.0766. The Kier molecular flexibility index (Phi) is 10.1. The topological polar surface area (TPSA) is 250 Å². The van der Waals surface area contributed by atoms with Gasteiger partial charge in [-0.25, -0.2) is 19.3 Å². The van der Waals surface area contributed by atoms with Crippen molar-refractivity contribution < 1.29 is 39.1 Å². The van der Waals surface area contributed by atoms with Crippen LogP contribution in [-0.4, -0.2) is 106 Å². The molecule has 3 aromatic rings. The molecule has 2 aliphatic rings. The Labute approximate surface area is 271 Å². The van der Waals surface area contributed by atoms with E-state index in [0.717, 1.165) is 33.6 Å². The van der Waals surface area contributed by atoms with Gasteiger partial charge in [0.2, 0.25) is 5.16 Å². The van der Waals surface area contributed by atoms with Crippen molar-refractivity contribution in [2.45, 2.75) is 29.7 Å². The molecule has 5 N–H and O–H groups in total. The van der Waals surface area contributed by atoms with E-state index in [2.05, 4.69) is 41.0 Å². The molecule has 0 radical (unpaired) electrons. The number of anilines is 1. The summed E-state index contributed by atoms with van der Waals surface area (Å²) in [5.41, 5.74) is 6.37. The third kappa shape index (κ3) is 7.10. The van der Waals surface area contributed by atoms with E-state index in [1.165, 1.54) is 28.9 Å². The zero-order chi connectivity index (χ0) is 32.8. The Morgan fingerprint density at radius 2 is 2.00 bits per heavy atom. The Balaban J connectivity index is 1.28. The molecule has 2 aliphatic heterocycles. The lowest BCUT2D eigenvalue weighted by Gasteiger charge is -2.49. The van der Waals surface area contributed by atoms with Gasteiger partial charge in [0.1, 0.15) is 36.5 Å². The summed E-state index contributed by atoms with van der Waals surface area (Å²) >= 11 is 3.42. The molecule has 2 aromatic heterocycles. The van der Waals surface area contributed by atoms with Gasteiger partial charge in [0.15, 0.2) is 16.6 Å². The third-order valence-corrected chi connectivity index (χ3v) is 9.43. The summed E-state index contributed by atoms with van der Waals surface area (Å²) in [6.07, 6.45) is 0. The van der Waals surface area contributed by atoms with E-state index in [4.69, 9.17) is 10.6 Å². The lowest BCUT2D eigenvalue weighted by Crippen LogP contribution is -2.71. The fourth-order valence-corrected chi connectivity index (χ4v) is 7.20. The van der Waals surface area contributed by atoms with Crippen LogP contribution in [0.3, 0.4) is 0 Å². The summed E-state index contributed by atoms with van der Waals surface area (Å²) in [6, 6.07) is 8.12. The number of nitrogens with two attached hydrogens (primary N) is 1. The summed E-state index contributed by atoms with van der Waals surface area (Å²) in [5, 5.41) is 41.8.